The minimum atomic E-state index is -0.127. The van der Waals surface area contributed by atoms with Crippen molar-refractivity contribution in [2.75, 3.05) is 12.3 Å². The first-order valence-corrected chi connectivity index (χ1v) is 10.1. The van der Waals surface area contributed by atoms with Gasteiger partial charge in [-0.25, -0.2) is 4.98 Å². The number of rotatable bonds is 5. The monoisotopic (exact) mass is 382 g/mol. The molecule has 7 heteroatoms. The minimum absolute atomic E-state index is 0.0286. The van der Waals surface area contributed by atoms with E-state index in [0.29, 0.717) is 24.3 Å². The Morgan fingerprint density at radius 2 is 2.19 bits per heavy atom. The number of carbonyl (C=O) groups excluding carboxylic acids is 1. The van der Waals surface area contributed by atoms with Gasteiger partial charge in [0, 0.05) is 47.1 Å². The first-order valence-electron chi connectivity index (χ1n) is 9.09. The Bertz CT molecular complexity index is 1070. The van der Waals surface area contributed by atoms with Crippen LogP contribution in [0.3, 0.4) is 0 Å². The molecule has 0 spiro atoms. The molecular weight excluding hydrogens is 360 g/mol. The van der Waals surface area contributed by atoms with Crippen LogP contribution in [-0.4, -0.2) is 32.7 Å². The summed E-state index contributed by atoms with van der Waals surface area (Å²) in [4.78, 5) is 32.7. The molecule has 1 unspecified atom stereocenters. The maximum atomic E-state index is 12.5. The number of carbonyl (C=O) groups is 1. The van der Waals surface area contributed by atoms with E-state index >= 15 is 0 Å². The third-order valence-electron chi connectivity index (χ3n) is 5.13. The smallest absolute Gasteiger partial charge is 0.257 e. The van der Waals surface area contributed by atoms with Crippen LogP contribution >= 0.6 is 11.8 Å². The number of hydrogen-bond donors (Lipinski definition) is 2. The van der Waals surface area contributed by atoms with Crippen LogP contribution in [0, 0.1) is 13.8 Å². The number of thioether (sulfide) groups is 1. The molecule has 0 bridgehead atoms. The summed E-state index contributed by atoms with van der Waals surface area (Å²) in [6, 6.07) is 8.02. The Labute approximate surface area is 161 Å². The third kappa shape index (κ3) is 3.39. The van der Waals surface area contributed by atoms with Crippen LogP contribution in [0.1, 0.15) is 29.3 Å². The lowest BCUT2D eigenvalue weighted by molar-refractivity contribution is -0.121. The molecule has 6 nitrogen and oxygen atoms in total. The molecule has 0 fully saturated rings. The average molecular weight is 382 g/mol. The van der Waals surface area contributed by atoms with Gasteiger partial charge in [-0.3, -0.25) is 14.2 Å². The van der Waals surface area contributed by atoms with Crippen LogP contribution in [0.25, 0.3) is 10.9 Å². The SMILES string of the molecule is Cc1nc2n(c(=O)c1C)C(CC(=O)NCCc1c[nH]c3ccccc13)CS2. The van der Waals surface area contributed by atoms with Crippen molar-refractivity contribution in [1.29, 1.82) is 0 Å². The normalized spacial score (nSPS) is 15.9. The summed E-state index contributed by atoms with van der Waals surface area (Å²) in [5, 5.41) is 4.90. The first-order chi connectivity index (χ1) is 13.0. The number of H-pyrrole nitrogens is 1. The van der Waals surface area contributed by atoms with E-state index in [9.17, 15) is 9.59 Å². The van der Waals surface area contributed by atoms with Crippen molar-refractivity contribution >= 4 is 28.6 Å². The molecular formula is C20H22N4O2S. The number of aromatic amines is 1. The Morgan fingerprint density at radius 1 is 1.37 bits per heavy atom. The van der Waals surface area contributed by atoms with Crippen LogP contribution in [0.5, 0.6) is 0 Å². The predicted molar refractivity (Wildman–Crippen MR) is 107 cm³/mol. The zero-order valence-corrected chi connectivity index (χ0v) is 16.2. The van der Waals surface area contributed by atoms with Crippen molar-refractivity contribution in [2.45, 2.75) is 37.9 Å². The highest BCUT2D eigenvalue weighted by Crippen LogP contribution is 2.32. The molecule has 27 heavy (non-hydrogen) atoms. The predicted octanol–water partition coefficient (Wildman–Crippen LogP) is 2.74. The Kier molecular flexibility index (Phi) is 4.78. The number of fused-ring (bicyclic) bond motifs is 2. The summed E-state index contributed by atoms with van der Waals surface area (Å²) in [7, 11) is 0. The highest BCUT2D eigenvalue weighted by atomic mass is 32.2. The fraction of sp³-hybridized carbons (Fsp3) is 0.350. The van der Waals surface area contributed by atoms with E-state index in [1.807, 2.05) is 31.3 Å². The highest BCUT2D eigenvalue weighted by molar-refractivity contribution is 7.99. The summed E-state index contributed by atoms with van der Waals surface area (Å²) < 4.78 is 1.69. The highest BCUT2D eigenvalue weighted by Gasteiger charge is 2.28. The van der Waals surface area contributed by atoms with E-state index < -0.39 is 0 Å². The second-order valence-electron chi connectivity index (χ2n) is 6.91. The number of benzene rings is 1. The van der Waals surface area contributed by atoms with Crippen molar-refractivity contribution < 1.29 is 4.79 Å². The fourth-order valence-corrected chi connectivity index (χ4v) is 4.66. The topological polar surface area (TPSA) is 79.8 Å². The van der Waals surface area contributed by atoms with Gasteiger partial charge in [0.1, 0.15) is 0 Å². The summed E-state index contributed by atoms with van der Waals surface area (Å²) in [6.07, 6.45) is 3.07. The second kappa shape index (κ2) is 7.23. The molecule has 1 aliphatic rings. The van der Waals surface area contributed by atoms with Gasteiger partial charge in [-0.2, -0.15) is 0 Å². The third-order valence-corrected chi connectivity index (χ3v) is 6.23. The van der Waals surface area contributed by atoms with E-state index in [2.05, 4.69) is 21.4 Å². The van der Waals surface area contributed by atoms with Crippen LogP contribution in [-0.2, 0) is 11.2 Å². The number of nitrogens with one attached hydrogen (secondary N) is 2. The van der Waals surface area contributed by atoms with E-state index in [-0.39, 0.29) is 17.5 Å². The molecule has 2 N–H and O–H groups in total. The van der Waals surface area contributed by atoms with Crippen molar-refractivity contribution in [2.24, 2.45) is 0 Å². The molecule has 1 amide bonds. The molecule has 2 aromatic heterocycles. The lowest BCUT2D eigenvalue weighted by Crippen LogP contribution is -2.32. The van der Waals surface area contributed by atoms with Crippen LogP contribution < -0.4 is 10.9 Å². The van der Waals surface area contributed by atoms with Crippen molar-refractivity contribution in [1.82, 2.24) is 19.9 Å². The van der Waals surface area contributed by atoms with Gasteiger partial charge in [0.2, 0.25) is 5.91 Å². The number of aromatic nitrogens is 3. The van der Waals surface area contributed by atoms with E-state index in [1.165, 1.54) is 10.9 Å². The first kappa shape index (κ1) is 17.9. The number of hydrogen-bond acceptors (Lipinski definition) is 4. The van der Waals surface area contributed by atoms with Crippen molar-refractivity contribution in [3.8, 4) is 0 Å². The zero-order chi connectivity index (χ0) is 19.0. The van der Waals surface area contributed by atoms with Gasteiger partial charge >= 0.3 is 0 Å². The lowest BCUT2D eigenvalue weighted by Gasteiger charge is -2.14. The van der Waals surface area contributed by atoms with Gasteiger partial charge in [0.05, 0.1) is 6.04 Å². The van der Waals surface area contributed by atoms with Gasteiger partial charge in [-0.05, 0) is 31.9 Å². The van der Waals surface area contributed by atoms with Crippen LogP contribution in [0.2, 0.25) is 0 Å². The molecule has 3 heterocycles. The van der Waals surface area contributed by atoms with Gasteiger partial charge in [-0.1, -0.05) is 30.0 Å². The number of amides is 1. The summed E-state index contributed by atoms with van der Waals surface area (Å²) in [5.74, 6) is 0.680. The number of para-hydroxylation sites is 1. The van der Waals surface area contributed by atoms with Gasteiger partial charge in [-0.15, -0.1) is 0 Å². The molecule has 1 aromatic carbocycles. The molecule has 140 valence electrons. The molecule has 0 saturated heterocycles. The number of nitrogens with zero attached hydrogens (tertiary/aromatic N) is 2. The summed E-state index contributed by atoms with van der Waals surface area (Å²) in [5.41, 5.74) is 3.70. The lowest BCUT2D eigenvalue weighted by atomic mass is 10.1. The summed E-state index contributed by atoms with van der Waals surface area (Å²) >= 11 is 1.55. The largest absolute Gasteiger partial charge is 0.361 e. The average Bonchev–Trinajstić information content (AvgIpc) is 3.24. The number of aryl methyl sites for hydroxylation is 1. The van der Waals surface area contributed by atoms with Gasteiger partial charge in [0.15, 0.2) is 5.16 Å². The quantitative estimate of drug-likeness (QED) is 0.665. The molecule has 1 atom stereocenters. The van der Waals surface area contributed by atoms with E-state index in [0.717, 1.165) is 22.8 Å². The Morgan fingerprint density at radius 3 is 3.04 bits per heavy atom. The summed E-state index contributed by atoms with van der Waals surface area (Å²) in [6.45, 7) is 4.22. The fourth-order valence-electron chi connectivity index (χ4n) is 3.48. The van der Waals surface area contributed by atoms with Crippen molar-refractivity contribution in [3.63, 3.8) is 0 Å². The van der Waals surface area contributed by atoms with Gasteiger partial charge in [0.25, 0.3) is 5.56 Å². The van der Waals surface area contributed by atoms with Crippen LogP contribution in [0.4, 0.5) is 0 Å². The Balaban J connectivity index is 1.37. The molecule has 3 aromatic rings. The second-order valence-corrected chi connectivity index (χ2v) is 7.90. The maximum absolute atomic E-state index is 12.5. The molecule has 4 rings (SSSR count). The standard InChI is InChI=1S/C20H22N4O2S/c1-12-13(2)23-20-24(19(12)26)15(11-27-20)9-18(25)21-8-7-14-10-22-17-6-4-3-5-16(14)17/h3-6,10,15,22H,7-9,11H2,1-2H3,(H,21,25). The zero-order valence-electron chi connectivity index (χ0n) is 15.4. The maximum Gasteiger partial charge on any atom is 0.257 e. The van der Waals surface area contributed by atoms with Crippen LogP contribution in [0.15, 0.2) is 40.4 Å². The molecule has 1 aliphatic heterocycles. The van der Waals surface area contributed by atoms with Crippen molar-refractivity contribution in [3.05, 3.63) is 57.6 Å². The van der Waals surface area contributed by atoms with E-state index in [1.54, 1.807) is 23.3 Å². The molecule has 0 aliphatic carbocycles. The molecule has 0 radical (unpaired) electrons. The Hall–Kier alpha value is -2.54. The van der Waals surface area contributed by atoms with Gasteiger partial charge < -0.3 is 10.3 Å². The van der Waals surface area contributed by atoms with E-state index in [4.69, 9.17) is 0 Å². The molecule has 0 saturated carbocycles. The minimum Gasteiger partial charge on any atom is -0.361 e.